The molecule has 1 heteroatoms. The summed E-state index contributed by atoms with van der Waals surface area (Å²) >= 11 is 0. The van der Waals surface area contributed by atoms with Gasteiger partial charge in [0.05, 0.1) is 0 Å². The molecule has 0 aromatic heterocycles. The normalized spacial score (nSPS) is 12.3. The molecule has 0 spiro atoms. The Labute approximate surface area is 110 Å². The van der Waals surface area contributed by atoms with Crippen molar-refractivity contribution < 1.29 is 0 Å². The van der Waals surface area contributed by atoms with Gasteiger partial charge in [-0.05, 0) is 37.3 Å². The Bertz CT molecular complexity index is 476. The van der Waals surface area contributed by atoms with E-state index in [-0.39, 0.29) is 6.04 Å². The summed E-state index contributed by atoms with van der Waals surface area (Å²) < 4.78 is 0. The fraction of sp³-hybridized carbons (Fsp3) is 0.294. The van der Waals surface area contributed by atoms with Gasteiger partial charge in [-0.3, -0.25) is 0 Å². The van der Waals surface area contributed by atoms with Crippen LogP contribution in [0.15, 0.2) is 54.6 Å². The van der Waals surface area contributed by atoms with E-state index in [0.717, 1.165) is 19.3 Å². The van der Waals surface area contributed by atoms with Crippen LogP contribution in [0.2, 0.25) is 0 Å². The zero-order valence-electron chi connectivity index (χ0n) is 11.0. The minimum absolute atomic E-state index is 0.243. The van der Waals surface area contributed by atoms with Gasteiger partial charge in [0, 0.05) is 6.04 Å². The minimum atomic E-state index is 0.243. The third-order valence-electron chi connectivity index (χ3n) is 3.23. The zero-order chi connectivity index (χ0) is 12.8. The number of nitrogens with two attached hydrogens (primary N) is 1. The van der Waals surface area contributed by atoms with Crippen LogP contribution in [-0.4, -0.2) is 6.04 Å². The average molecular weight is 239 g/mol. The van der Waals surface area contributed by atoms with E-state index in [4.69, 9.17) is 5.73 Å². The Kier molecular flexibility index (Phi) is 4.54. The van der Waals surface area contributed by atoms with Crippen molar-refractivity contribution in [1.82, 2.24) is 0 Å². The molecule has 0 bridgehead atoms. The quantitative estimate of drug-likeness (QED) is 0.849. The van der Waals surface area contributed by atoms with E-state index in [9.17, 15) is 0 Å². The predicted molar refractivity (Wildman–Crippen MR) is 77.6 cm³/mol. The van der Waals surface area contributed by atoms with Crippen molar-refractivity contribution in [2.75, 3.05) is 0 Å². The number of aryl methyl sites for hydroxylation is 2. The van der Waals surface area contributed by atoms with Crippen LogP contribution in [0, 0.1) is 6.92 Å². The lowest BCUT2D eigenvalue weighted by atomic mass is 9.99. The topological polar surface area (TPSA) is 26.0 Å². The number of hydrogen-bond donors (Lipinski definition) is 1. The Morgan fingerprint density at radius 1 is 0.944 bits per heavy atom. The van der Waals surface area contributed by atoms with E-state index >= 15 is 0 Å². The number of benzene rings is 2. The highest BCUT2D eigenvalue weighted by Gasteiger charge is 2.04. The van der Waals surface area contributed by atoms with Crippen LogP contribution in [-0.2, 0) is 12.8 Å². The molecule has 0 fully saturated rings. The van der Waals surface area contributed by atoms with Crippen molar-refractivity contribution in [3.8, 4) is 0 Å². The fourth-order valence-corrected chi connectivity index (χ4v) is 2.24. The molecule has 0 heterocycles. The van der Waals surface area contributed by atoms with Crippen molar-refractivity contribution in [3.05, 3.63) is 71.3 Å². The molecule has 0 aliphatic carbocycles. The highest BCUT2D eigenvalue weighted by atomic mass is 14.6. The maximum atomic E-state index is 6.20. The summed E-state index contributed by atoms with van der Waals surface area (Å²) in [4.78, 5) is 0. The summed E-state index contributed by atoms with van der Waals surface area (Å²) in [6, 6.07) is 19.4. The molecular formula is C17H21N. The van der Waals surface area contributed by atoms with Crippen LogP contribution in [0.4, 0.5) is 0 Å². The van der Waals surface area contributed by atoms with Gasteiger partial charge >= 0.3 is 0 Å². The van der Waals surface area contributed by atoms with E-state index in [1.807, 2.05) is 0 Å². The maximum absolute atomic E-state index is 6.20. The number of hydrogen-bond acceptors (Lipinski definition) is 1. The fourth-order valence-electron chi connectivity index (χ4n) is 2.24. The van der Waals surface area contributed by atoms with Gasteiger partial charge in [-0.2, -0.15) is 0 Å². The van der Waals surface area contributed by atoms with Crippen LogP contribution in [0.25, 0.3) is 0 Å². The molecule has 2 aromatic carbocycles. The van der Waals surface area contributed by atoms with E-state index in [2.05, 4.69) is 61.5 Å². The Hall–Kier alpha value is -1.60. The lowest BCUT2D eigenvalue weighted by Gasteiger charge is -2.12. The van der Waals surface area contributed by atoms with Crippen molar-refractivity contribution in [2.24, 2.45) is 5.73 Å². The van der Waals surface area contributed by atoms with E-state index < -0.39 is 0 Å². The first-order valence-electron chi connectivity index (χ1n) is 6.59. The van der Waals surface area contributed by atoms with E-state index in [1.165, 1.54) is 16.7 Å². The third-order valence-corrected chi connectivity index (χ3v) is 3.23. The van der Waals surface area contributed by atoms with Gasteiger partial charge in [0.2, 0.25) is 0 Å². The molecule has 2 rings (SSSR count). The molecular weight excluding hydrogens is 218 g/mol. The minimum Gasteiger partial charge on any atom is -0.327 e. The molecule has 18 heavy (non-hydrogen) atoms. The monoisotopic (exact) mass is 239 g/mol. The molecule has 2 aromatic rings. The van der Waals surface area contributed by atoms with Gasteiger partial charge in [0.15, 0.2) is 0 Å². The van der Waals surface area contributed by atoms with Crippen LogP contribution in [0.1, 0.15) is 23.1 Å². The summed E-state index contributed by atoms with van der Waals surface area (Å²) in [6.07, 6.45) is 3.07. The smallest absolute Gasteiger partial charge is 0.00824 e. The molecule has 0 radical (unpaired) electrons. The second-order valence-corrected chi connectivity index (χ2v) is 4.98. The molecule has 1 unspecified atom stereocenters. The third kappa shape index (κ3) is 4.01. The van der Waals surface area contributed by atoms with Crippen LogP contribution in [0.3, 0.4) is 0 Å². The molecule has 1 atom stereocenters. The van der Waals surface area contributed by atoms with Gasteiger partial charge in [-0.25, -0.2) is 0 Å². The van der Waals surface area contributed by atoms with E-state index in [0.29, 0.717) is 0 Å². The summed E-state index contributed by atoms with van der Waals surface area (Å²) in [5, 5.41) is 0. The van der Waals surface area contributed by atoms with Crippen molar-refractivity contribution in [1.29, 1.82) is 0 Å². The molecule has 1 nitrogen and oxygen atoms in total. The second kappa shape index (κ2) is 6.36. The van der Waals surface area contributed by atoms with Gasteiger partial charge in [0.25, 0.3) is 0 Å². The summed E-state index contributed by atoms with van der Waals surface area (Å²) in [5.74, 6) is 0. The molecule has 0 saturated carbocycles. The second-order valence-electron chi connectivity index (χ2n) is 4.98. The van der Waals surface area contributed by atoms with Crippen LogP contribution >= 0.6 is 0 Å². The molecule has 2 N–H and O–H groups in total. The first-order valence-corrected chi connectivity index (χ1v) is 6.59. The Morgan fingerprint density at radius 2 is 1.67 bits per heavy atom. The predicted octanol–water partition coefficient (Wildman–Crippen LogP) is 3.50. The van der Waals surface area contributed by atoms with Crippen LogP contribution in [0.5, 0.6) is 0 Å². The van der Waals surface area contributed by atoms with Gasteiger partial charge in [0.1, 0.15) is 0 Å². The van der Waals surface area contributed by atoms with Crippen LogP contribution < -0.4 is 5.73 Å². The lowest BCUT2D eigenvalue weighted by Crippen LogP contribution is -2.23. The maximum Gasteiger partial charge on any atom is 0.00824 e. The molecule has 0 saturated heterocycles. The van der Waals surface area contributed by atoms with Gasteiger partial charge in [-0.1, -0.05) is 60.2 Å². The average Bonchev–Trinajstić information content (AvgIpc) is 2.38. The van der Waals surface area contributed by atoms with E-state index in [1.54, 1.807) is 0 Å². The Balaban J connectivity index is 1.84. The SMILES string of the molecule is Cc1cccc(CC(N)CCc2ccccc2)c1. The highest BCUT2D eigenvalue weighted by Crippen LogP contribution is 2.10. The summed E-state index contributed by atoms with van der Waals surface area (Å²) in [7, 11) is 0. The first-order chi connectivity index (χ1) is 8.74. The van der Waals surface area contributed by atoms with Crippen molar-refractivity contribution in [2.45, 2.75) is 32.2 Å². The van der Waals surface area contributed by atoms with Crippen molar-refractivity contribution in [3.63, 3.8) is 0 Å². The van der Waals surface area contributed by atoms with Gasteiger partial charge < -0.3 is 5.73 Å². The van der Waals surface area contributed by atoms with Crippen molar-refractivity contribution >= 4 is 0 Å². The number of rotatable bonds is 5. The Morgan fingerprint density at radius 3 is 2.39 bits per heavy atom. The standard InChI is InChI=1S/C17H21N/c1-14-6-5-9-16(12-14)13-17(18)11-10-15-7-3-2-4-8-15/h2-9,12,17H,10-11,13,18H2,1H3. The molecule has 0 aliphatic heterocycles. The molecule has 0 aliphatic rings. The summed E-state index contributed by atoms with van der Waals surface area (Å²) in [5.41, 5.74) is 10.2. The highest BCUT2D eigenvalue weighted by molar-refractivity contribution is 5.23. The molecule has 0 amide bonds. The zero-order valence-corrected chi connectivity index (χ0v) is 11.0. The first kappa shape index (κ1) is 12.8. The lowest BCUT2D eigenvalue weighted by molar-refractivity contribution is 0.610. The largest absolute Gasteiger partial charge is 0.327 e. The molecule has 94 valence electrons. The van der Waals surface area contributed by atoms with Gasteiger partial charge in [-0.15, -0.1) is 0 Å². The summed E-state index contributed by atoms with van der Waals surface area (Å²) in [6.45, 7) is 2.12.